The van der Waals surface area contributed by atoms with Crippen LogP contribution in [0.2, 0.25) is 0 Å². The van der Waals surface area contributed by atoms with Gasteiger partial charge in [0.1, 0.15) is 22.9 Å². The summed E-state index contributed by atoms with van der Waals surface area (Å²) in [6.45, 7) is 5.41. The largest absolute Gasteiger partial charge is 0.457 e. The van der Waals surface area contributed by atoms with E-state index in [1.165, 1.54) is 4.68 Å². The van der Waals surface area contributed by atoms with Gasteiger partial charge in [-0.05, 0) is 85.8 Å². The lowest BCUT2D eigenvalue weighted by atomic mass is 10.1. The molecule has 0 spiro atoms. The molecule has 0 bridgehead atoms. The summed E-state index contributed by atoms with van der Waals surface area (Å²) in [5.74, 6) is 2.11. The Balaban J connectivity index is 1.48. The Hall–Kier alpha value is -4.32. The molecular weight excluding hydrogens is 554 g/mol. The van der Waals surface area contributed by atoms with E-state index in [2.05, 4.69) is 46.9 Å². The van der Waals surface area contributed by atoms with Crippen LogP contribution in [0.25, 0.3) is 0 Å². The molecule has 12 heteroatoms. The molecule has 4 rings (SSSR count). The molecule has 0 aliphatic carbocycles. The van der Waals surface area contributed by atoms with Gasteiger partial charge >= 0.3 is 6.09 Å². The number of nitrogens with zero attached hydrogens (tertiary/aromatic N) is 6. The van der Waals surface area contributed by atoms with Gasteiger partial charge in [0.2, 0.25) is 5.82 Å². The molecule has 0 aliphatic heterocycles. The van der Waals surface area contributed by atoms with Crippen molar-refractivity contribution in [2.45, 2.75) is 33.0 Å². The van der Waals surface area contributed by atoms with Crippen molar-refractivity contribution in [3.8, 4) is 11.5 Å². The summed E-state index contributed by atoms with van der Waals surface area (Å²) < 4.78 is 13.6. The van der Waals surface area contributed by atoms with Gasteiger partial charge in [0.25, 0.3) is 0 Å². The van der Waals surface area contributed by atoms with E-state index in [0.717, 1.165) is 10.0 Å². The quantitative estimate of drug-likeness (QED) is 0.215. The second-order valence-electron chi connectivity index (χ2n) is 9.06. The maximum absolute atomic E-state index is 12.0. The number of hydrogen-bond donors (Lipinski definition) is 1. The number of benzene rings is 2. The molecule has 0 radical (unpaired) electrons. The molecule has 0 fully saturated rings. The first-order chi connectivity index (χ1) is 18.2. The molecule has 196 valence electrons. The normalized spacial score (nSPS) is 11.7. The third kappa shape index (κ3) is 7.59. The van der Waals surface area contributed by atoms with Crippen LogP contribution in [-0.4, -0.2) is 42.6 Å². The van der Waals surface area contributed by atoms with E-state index in [9.17, 15) is 4.79 Å². The molecule has 0 atom stereocenters. The van der Waals surface area contributed by atoms with Gasteiger partial charge in [-0.1, -0.05) is 33.2 Å². The van der Waals surface area contributed by atoms with Crippen molar-refractivity contribution < 1.29 is 19.1 Å². The van der Waals surface area contributed by atoms with Crippen LogP contribution in [-0.2, 0) is 23.2 Å². The molecule has 2 aromatic heterocycles. The number of oxime groups is 1. The summed E-state index contributed by atoms with van der Waals surface area (Å²) in [4.78, 5) is 22.1. The highest BCUT2D eigenvalue weighted by molar-refractivity contribution is 9.10. The molecule has 0 saturated carbocycles. The van der Waals surface area contributed by atoms with E-state index in [4.69, 9.17) is 14.3 Å². The molecule has 2 aromatic carbocycles. The minimum atomic E-state index is -0.617. The highest BCUT2D eigenvalue weighted by Gasteiger charge is 2.17. The van der Waals surface area contributed by atoms with E-state index in [0.29, 0.717) is 34.5 Å². The second kappa shape index (κ2) is 11.8. The van der Waals surface area contributed by atoms with Crippen LogP contribution < -0.4 is 10.1 Å². The number of carbonyl (C=O) groups is 1. The predicted molar refractivity (Wildman–Crippen MR) is 144 cm³/mol. The highest BCUT2D eigenvalue weighted by atomic mass is 79.9. The summed E-state index contributed by atoms with van der Waals surface area (Å²) in [5.41, 5.74) is 1.08. The topological polar surface area (TPSA) is 126 Å². The van der Waals surface area contributed by atoms with Crippen molar-refractivity contribution >= 4 is 33.6 Å². The third-order valence-electron chi connectivity index (χ3n) is 4.80. The van der Waals surface area contributed by atoms with E-state index in [1.807, 2.05) is 48.5 Å². The van der Waals surface area contributed by atoms with Gasteiger partial charge in [0.15, 0.2) is 12.3 Å². The number of hydrogen-bond acceptors (Lipinski definition) is 9. The number of tetrazole rings is 1. The number of amides is 1. The van der Waals surface area contributed by atoms with Gasteiger partial charge in [-0.2, -0.15) is 0 Å². The Morgan fingerprint density at radius 1 is 1.05 bits per heavy atom. The molecule has 38 heavy (non-hydrogen) atoms. The van der Waals surface area contributed by atoms with Crippen molar-refractivity contribution in [3.63, 3.8) is 0 Å². The van der Waals surface area contributed by atoms with Crippen molar-refractivity contribution in [3.05, 3.63) is 88.3 Å². The maximum atomic E-state index is 12.0. The fourth-order valence-corrected chi connectivity index (χ4v) is 3.58. The van der Waals surface area contributed by atoms with Crippen LogP contribution in [0.1, 0.15) is 37.9 Å². The van der Waals surface area contributed by atoms with E-state index < -0.39 is 11.7 Å². The number of aromatic nitrogens is 5. The number of anilines is 1. The number of carbonyl (C=O) groups excluding carboxylic acids is 1. The van der Waals surface area contributed by atoms with Crippen molar-refractivity contribution in [2.24, 2.45) is 12.2 Å². The summed E-state index contributed by atoms with van der Waals surface area (Å²) in [5, 5.41) is 18.6. The van der Waals surface area contributed by atoms with Gasteiger partial charge in [-0.15, -0.1) is 5.10 Å². The zero-order chi connectivity index (χ0) is 27.1. The predicted octanol–water partition coefficient (Wildman–Crippen LogP) is 5.48. The monoisotopic (exact) mass is 579 g/mol. The van der Waals surface area contributed by atoms with E-state index in [-0.39, 0.29) is 6.61 Å². The zero-order valence-corrected chi connectivity index (χ0v) is 22.8. The van der Waals surface area contributed by atoms with Crippen LogP contribution in [0.4, 0.5) is 10.6 Å². The lowest BCUT2D eigenvalue weighted by Gasteiger charge is -2.19. The second-order valence-corrected chi connectivity index (χ2v) is 9.98. The summed E-state index contributed by atoms with van der Waals surface area (Å²) in [7, 11) is 1.71. The fraction of sp³-hybridized carbons (Fsp3) is 0.231. The Morgan fingerprint density at radius 2 is 1.82 bits per heavy atom. The van der Waals surface area contributed by atoms with E-state index in [1.54, 1.807) is 46.0 Å². The molecule has 1 amide bonds. The first-order valence-electron chi connectivity index (χ1n) is 11.6. The van der Waals surface area contributed by atoms with Gasteiger partial charge in [-0.3, -0.25) is 5.32 Å². The summed E-state index contributed by atoms with van der Waals surface area (Å²) >= 11 is 3.44. The Labute approximate surface area is 227 Å². The van der Waals surface area contributed by atoms with Gasteiger partial charge < -0.3 is 14.3 Å². The SMILES string of the molecule is Cn1nnnc1/C(=N\OCc1cccc(NC(=O)OC(C)(C)C)n1)c1ccc(Oc2cccc(Br)c2)cc1. The first kappa shape index (κ1) is 26.7. The van der Waals surface area contributed by atoms with Gasteiger partial charge in [-0.25, -0.2) is 14.5 Å². The first-order valence-corrected chi connectivity index (χ1v) is 12.4. The number of pyridine rings is 1. The zero-order valence-electron chi connectivity index (χ0n) is 21.3. The van der Waals surface area contributed by atoms with E-state index >= 15 is 0 Å². The van der Waals surface area contributed by atoms with Crippen molar-refractivity contribution in [1.29, 1.82) is 0 Å². The van der Waals surface area contributed by atoms with Crippen molar-refractivity contribution in [2.75, 3.05) is 5.32 Å². The average molecular weight is 580 g/mol. The fourth-order valence-electron chi connectivity index (χ4n) is 3.20. The van der Waals surface area contributed by atoms with Gasteiger partial charge in [0.05, 0.1) is 5.69 Å². The Kier molecular flexibility index (Phi) is 8.31. The van der Waals surface area contributed by atoms with Crippen molar-refractivity contribution in [1.82, 2.24) is 25.2 Å². The lowest BCUT2D eigenvalue weighted by Crippen LogP contribution is -2.27. The number of ether oxygens (including phenoxy) is 2. The number of halogens is 1. The van der Waals surface area contributed by atoms with Crippen LogP contribution in [0.15, 0.2) is 76.4 Å². The van der Waals surface area contributed by atoms with Crippen LogP contribution in [0.5, 0.6) is 11.5 Å². The maximum Gasteiger partial charge on any atom is 0.413 e. The molecule has 0 unspecified atom stereocenters. The molecule has 0 aliphatic rings. The van der Waals surface area contributed by atoms with Crippen LogP contribution in [0, 0.1) is 0 Å². The Morgan fingerprint density at radius 3 is 2.50 bits per heavy atom. The molecule has 1 N–H and O–H groups in total. The third-order valence-corrected chi connectivity index (χ3v) is 5.29. The number of aryl methyl sites for hydroxylation is 1. The summed E-state index contributed by atoms with van der Waals surface area (Å²) in [6.07, 6.45) is -0.592. The minimum Gasteiger partial charge on any atom is -0.457 e. The highest BCUT2D eigenvalue weighted by Crippen LogP contribution is 2.25. The molecular formula is C26H26BrN7O4. The Bertz CT molecular complexity index is 1430. The summed E-state index contributed by atoms with van der Waals surface area (Å²) in [6, 6.07) is 20.1. The smallest absolute Gasteiger partial charge is 0.413 e. The minimum absolute atomic E-state index is 0.0443. The lowest BCUT2D eigenvalue weighted by molar-refractivity contribution is 0.0635. The standard InChI is InChI=1S/C26H26BrN7O4/c1-26(2,3)38-25(35)29-22-10-6-8-19(28-22)16-36-31-23(24-30-32-33-34(24)4)17-11-13-20(14-12-17)37-21-9-5-7-18(27)15-21/h5-15H,16H2,1-4H3,(H,28,29,35)/b31-23-. The number of rotatable bonds is 8. The molecule has 4 aromatic rings. The average Bonchev–Trinajstić information content (AvgIpc) is 3.27. The van der Waals surface area contributed by atoms with Gasteiger partial charge in [0, 0.05) is 17.1 Å². The molecule has 0 saturated heterocycles. The molecule has 2 heterocycles. The van der Waals surface area contributed by atoms with Crippen LogP contribution in [0.3, 0.4) is 0 Å². The van der Waals surface area contributed by atoms with Crippen LogP contribution >= 0.6 is 15.9 Å². The molecule has 11 nitrogen and oxygen atoms in total. The number of nitrogens with one attached hydrogen (secondary N) is 1.